The molecular formula is C26H19N5OS. The van der Waals surface area contributed by atoms with Crippen molar-refractivity contribution >= 4 is 27.2 Å². The van der Waals surface area contributed by atoms with Gasteiger partial charge < -0.3 is 4.57 Å². The van der Waals surface area contributed by atoms with E-state index >= 15 is 0 Å². The molecule has 0 saturated carbocycles. The normalized spacial score (nSPS) is 11.4. The Balaban J connectivity index is 1.36. The fourth-order valence-electron chi connectivity index (χ4n) is 3.93. The Bertz CT molecular complexity index is 1630. The van der Waals surface area contributed by atoms with Crippen molar-refractivity contribution in [3.8, 4) is 21.7 Å². The largest absolute Gasteiger partial charge is 0.326 e. The molecule has 0 aliphatic heterocycles. The molecule has 4 aromatic heterocycles. The predicted octanol–water partition coefficient (Wildman–Crippen LogP) is 5.19. The monoisotopic (exact) mass is 449 g/mol. The molecule has 0 fully saturated rings. The number of aromatic nitrogens is 5. The van der Waals surface area contributed by atoms with Gasteiger partial charge in [0.2, 0.25) is 0 Å². The van der Waals surface area contributed by atoms with Gasteiger partial charge in [0, 0.05) is 35.4 Å². The zero-order valence-electron chi connectivity index (χ0n) is 17.8. The molecule has 0 atom stereocenters. The Morgan fingerprint density at radius 1 is 0.939 bits per heavy atom. The van der Waals surface area contributed by atoms with Crippen molar-refractivity contribution in [1.82, 2.24) is 24.1 Å². The van der Waals surface area contributed by atoms with Crippen LogP contribution in [0.3, 0.4) is 0 Å². The average molecular weight is 450 g/mol. The van der Waals surface area contributed by atoms with Gasteiger partial charge in [-0.05, 0) is 30.2 Å². The Labute approximate surface area is 193 Å². The lowest BCUT2D eigenvalue weighted by molar-refractivity contribution is 0.799. The summed E-state index contributed by atoms with van der Waals surface area (Å²) < 4.78 is 4.49. The van der Waals surface area contributed by atoms with E-state index in [0.29, 0.717) is 11.2 Å². The maximum absolute atomic E-state index is 12.5. The number of benzene rings is 2. The molecule has 6 rings (SSSR count). The van der Waals surface area contributed by atoms with Crippen LogP contribution in [0.5, 0.6) is 0 Å². The summed E-state index contributed by atoms with van der Waals surface area (Å²) in [4.78, 5) is 21.9. The second-order valence-corrected chi connectivity index (χ2v) is 9.07. The molecule has 6 nitrogen and oxygen atoms in total. The molecule has 7 heteroatoms. The molecule has 0 amide bonds. The zero-order valence-corrected chi connectivity index (χ0v) is 18.7. The lowest BCUT2D eigenvalue weighted by Gasteiger charge is -2.07. The second-order valence-electron chi connectivity index (χ2n) is 8.02. The van der Waals surface area contributed by atoms with Crippen LogP contribution in [0.15, 0.2) is 90.2 Å². The van der Waals surface area contributed by atoms with Crippen molar-refractivity contribution < 1.29 is 0 Å². The fraction of sp³-hybridized carbons (Fsp3) is 0.0769. The number of hydrogen-bond donors (Lipinski definition) is 0. The molecular weight excluding hydrogens is 430 g/mol. The summed E-state index contributed by atoms with van der Waals surface area (Å²) in [5.41, 5.74) is 6.89. The van der Waals surface area contributed by atoms with Gasteiger partial charge in [0.05, 0.1) is 17.5 Å². The summed E-state index contributed by atoms with van der Waals surface area (Å²) in [6.45, 7) is 2.74. The molecule has 0 N–H and O–H groups in total. The molecule has 160 valence electrons. The first-order valence-electron chi connectivity index (χ1n) is 10.6. The molecule has 0 radical (unpaired) electrons. The number of thiophene rings is 1. The molecule has 4 heterocycles. The van der Waals surface area contributed by atoms with E-state index in [1.165, 1.54) is 22.5 Å². The van der Waals surface area contributed by atoms with Crippen molar-refractivity contribution in [1.29, 1.82) is 0 Å². The molecule has 2 aromatic carbocycles. The molecule has 0 saturated heterocycles. The molecule has 0 spiro atoms. The van der Waals surface area contributed by atoms with Gasteiger partial charge in [0.25, 0.3) is 5.56 Å². The first-order valence-corrected chi connectivity index (χ1v) is 11.4. The van der Waals surface area contributed by atoms with Gasteiger partial charge in [-0.1, -0.05) is 54.1 Å². The Morgan fingerprint density at radius 2 is 1.73 bits per heavy atom. The van der Waals surface area contributed by atoms with Crippen LogP contribution < -0.4 is 5.56 Å². The van der Waals surface area contributed by atoms with Crippen LogP contribution >= 0.6 is 11.3 Å². The number of aryl methyl sites for hydroxylation is 1. The first-order chi connectivity index (χ1) is 16.1. The van der Waals surface area contributed by atoms with E-state index in [0.717, 1.165) is 32.9 Å². The van der Waals surface area contributed by atoms with Gasteiger partial charge in [-0.25, -0.2) is 9.50 Å². The topological polar surface area (TPSA) is 65.1 Å². The maximum atomic E-state index is 12.5. The highest BCUT2D eigenvalue weighted by molar-refractivity contribution is 7.22. The van der Waals surface area contributed by atoms with Crippen molar-refractivity contribution in [2.24, 2.45) is 0 Å². The van der Waals surface area contributed by atoms with Crippen LogP contribution in [0, 0.1) is 6.92 Å². The van der Waals surface area contributed by atoms with Crippen LogP contribution in [0.2, 0.25) is 0 Å². The highest BCUT2D eigenvalue weighted by Gasteiger charge is 2.12. The third-order valence-corrected chi connectivity index (χ3v) is 6.87. The summed E-state index contributed by atoms with van der Waals surface area (Å²) in [7, 11) is 0. The summed E-state index contributed by atoms with van der Waals surface area (Å²) in [6.07, 6.45) is 5.29. The quantitative estimate of drug-likeness (QED) is 0.371. The minimum atomic E-state index is -0.185. The number of nitrogens with zero attached hydrogens (tertiary/aromatic N) is 5. The molecule has 6 aromatic rings. The number of fused-ring (bicyclic) bond motifs is 2. The van der Waals surface area contributed by atoms with Crippen molar-refractivity contribution in [3.63, 3.8) is 0 Å². The van der Waals surface area contributed by atoms with Gasteiger partial charge in [0.15, 0.2) is 5.65 Å². The van der Waals surface area contributed by atoms with Gasteiger partial charge in [-0.2, -0.15) is 10.1 Å². The van der Waals surface area contributed by atoms with Gasteiger partial charge in [-0.3, -0.25) is 4.79 Å². The van der Waals surface area contributed by atoms with E-state index in [4.69, 9.17) is 0 Å². The summed E-state index contributed by atoms with van der Waals surface area (Å²) in [6, 6.07) is 22.6. The Kier molecular flexibility index (Phi) is 4.62. The summed E-state index contributed by atoms with van der Waals surface area (Å²) in [5, 5.41) is 4.59. The van der Waals surface area contributed by atoms with Crippen molar-refractivity contribution in [2.45, 2.75) is 13.5 Å². The van der Waals surface area contributed by atoms with E-state index in [9.17, 15) is 4.79 Å². The Hall–Kier alpha value is -4.10. The van der Waals surface area contributed by atoms with Crippen LogP contribution in [0.25, 0.3) is 37.6 Å². The van der Waals surface area contributed by atoms with E-state index < -0.39 is 0 Å². The van der Waals surface area contributed by atoms with Gasteiger partial charge in [0.1, 0.15) is 4.70 Å². The van der Waals surface area contributed by atoms with E-state index in [1.54, 1.807) is 17.0 Å². The lowest BCUT2D eigenvalue weighted by Crippen LogP contribution is -2.11. The maximum Gasteiger partial charge on any atom is 0.290 e. The van der Waals surface area contributed by atoms with Gasteiger partial charge >= 0.3 is 0 Å². The lowest BCUT2D eigenvalue weighted by atomic mass is 10.1. The SMILES string of the molecule is Cc1ccc(Cn2cnc(=O)c3sc(-c4ccc(-c5cc6ncccn6n5)cc4)cc32)cc1. The Morgan fingerprint density at radius 3 is 2.52 bits per heavy atom. The van der Waals surface area contributed by atoms with Crippen LogP contribution in [-0.4, -0.2) is 24.1 Å². The zero-order chi connectivity index (χ0) is 22.4. The number of hydrogen-bond acceptors (Lipinski definition) is 5. The van der Waals surface area contributed by atoms with Crippen LogP contribution in [0.4, 0.5) is 0 Å². The minimum Gasteiger partial charge on any atom is -0.326 e. The van der Waals surface area contributed by atoms with Crippen molar-refractivity contribution in [3.05, 3.63) is 107 Å². The first kappa shape index (κ1) is 19.6. The van der Waals surface area contributed by atoms with E-state index in [2.05, 4.69) is 76.6 Å². The highest BCUT2D eigenvalue weighted by atomic mass is 32.1. The average Bonchev–Trinajstić information content (AvgIpc) is 3.48. The molecule has 33 heavy (non-hydrogen) atoms. The second kappa shape index (κ2) is 7.79. The highest BCUT2D eigenvalue weighted by Crippen LogP contribution is 2.33. The summed E-state index contributed by atoms with van der Waals surface area (Å²) >= 11 is 1.48. The van der Waals surface area contributed by atoms with Gasteiger partial charge in [-0.15, -0.1) is 11.3 Å². The molecule has 0 unspecified atom stereocenters. The fourth-order valence-corrected chi connectivity index (χ4v) is 4.99. The number of rotatable bonds is 4. The van der Waals surface area contributed by atoms with E-state index in [1.807, 2.05) is 22.9 Å². The molecule has 0 aliphatic carbocycles. The van der Waals surface area contributed by atoms with E-state index in [-0.39, 0.29) is 5.56 Å². The summed E-state index contributed by atoms with van der Waals surface area (Å²) in [5.74, 6) is 0. The predicted molar refractivity (Wildman–Crippen MR) is 132 cm³/mol. The van der Waals surface area contributed by atoms with Crippen LogP contribution in [0.1, 0.15) is 11.1 Å². The molecule has 0 aliphatic rings. The minimum absolute atomic E-state index is 0.185. The smallest absolute Gasteiger partial charge is 0.290 e. The third-order valence-electron chi connectivity index (χ3n) is 5.71. The third kappa shape index (κ3) is 3.62. The molecule has 0 bridgehead atoms. The van der Waals surface area contributed by atoms with Crippen molar-refractivity contribution in [2.75, 3.05) is 0 Å². The van der Waals surface area contributed by atoms with Crippen LogP contribution in [-0.2, 0) is 6.54 Å². The standard InChI is InChI=1S/C26H19N5OS/c1-17-3-5-18(6-4-17)15-30-16-28-26(32)25-22(30)14-23(33-25)20-9-7-19(8-10-20)21-13-24-27-11-2-12-31(24)29-21/h2-14,16H,15H2,1H3.